The topological polar surface area (TPSA) is 130 Å². The highest BCUT2D eigenvalue weighted by Gasteiger charge is 2.42. The first-order valence-corrected chi connectivity index (χ1v) is 11.3. The summed E-state index contributed by atoms with van der Waals surface area (Å²) < 4.78 is 18.0. The number of nitrogens with zero attached hydrogens (tertiary/aromatic N) is 1. The summed E-state index contributed by atoms with van der Waals surface area (Å²) in [6.07, 6.45) is 2.26. The number of carboxylic acid groups (broad SMARTS) is 1. The van der Waals surface area contributed by atoms with Crippen molar-refractivity contribution >= 4 is 19.9 Å². The number of aryl methyl sites for hydroxylation is 1. The number of rotatable bonds is 12. The maximum absolute atomic E-state index is 12.9. The van der Waals surface area contributed by atoms with Crippen molar-refractivity contribution in [2.24, 2.45) is 5.73 Å². The van der Waals surface area contributed by atoms with Gasteiger partial charge in [-0.1, -0.05) is 30.3 Å². The molecule has 1 heterocycles. The fraction of sp³-hybridized carbons (Fsp3) is 0.600. The molecule has 1 saturated heterocycles. The Hall–Kier alpha value is -1.86. The summed E-state index contributed by atoms with van der Waals surface area (Å²) in [5.74, 6) is -2.74. The van der Waals surface area contributed by atoms with Crippen LogP contribution in [0.25, 0.3) is 0 Å². The number of carbonyl (C=O) groups excluding carboxylic acids is 1. The molecular weight excluding hydrogens is 395 g/mol. The summed E-state index contributed by atoms with van der Waals surface area (Å²) in [5.41, 5.74) is 6.51. The fourth-order valence-corrected chi connectivity index (χ4v) is 4.34. The molecule has 8 nitrogen and oxygen atoms in total. The van der Waals surface area contributed by atoms with Crippen LogP contribution in [0.4, 0.5) is 0 Å². The number of aliphatic hydroxyl groups is 1. The van der Waals surface area contributed by atoms with Crippen molar-refractivity contribution in [3.8, 4) is 0 Å². The number of aliphatic hydroxyl groups excluding tert-OH is 1. The zero-order valence-corrected chi connectivity index (χ0v) is 17.4. The molecule has 0 aliphatic carbocycles. The number of hydrogen-bond donors (Lipinski definition) is 3. The van der Waals surface area contributed by atoms with Gasteiger partial charge in [0, 0.05) is 13.0 Å². The van der Waals surface area contributed by atoms with Gasteiger partial charge in [0.2, 0.25) is 0 Å². The van der Waals surface area contributed by atoms with Crippen LogP contribution in [0, 0.1) is 0 Å². The molecule has 160 valence electrons. The molecule has 0 saturated carbocycles. The summed E-state index contributed by atoms with van der Waals surface area (Å²) in [4.78, 5) is 25.6. The van der Waals surface area contributed by atoms with E-state index in [4.69, 9.17) is 10.3 Å². The molecular formula is C20H30N2O6P+. The van der Waals surface area contributed by atoms with Gasteiger partial charge in [0.25, 0.3) is 11.8 Å². The molecule has 1 aliphatic heterocycles. The van der Waals surface area contributed by atoms with Gasteiger partial charge in [0.05, 0.1) is 0 Å². The quantitative estimate of drug-likeness (QED) is 0.346. The predicted molar refractivity (Wildman–Crippen MR) is 109 cm³/mol. The van der Waals surface area contributed by atoms with Gasteiger partial charge >= 0.3 is 14.0 Å². The van der Waals surface area contributed by atoms with Gasteiger partial charge < -0.3 is 20.8 Å². The first kappa shape index (κ1) is 23.4. The Kier molecular flexibility index (Phi) is 9.67. The number of hydrogen-bond acceptors (Lipinski definition) is 6. The van der Waals surface area contributed by atoms with Gasteiger partial charge in [0.15, 0.2) is 6.10 Å². The van der Waals surface area contributed by atoms with Crippen molar-refractivity contribution in [3.63, 3.8) is 0 Å². The van der Waals surface area contributed by atoms with Gasteiger partial charge in [-0.05, 0) is 55.2 Å². The zero-order valence-electron chi connectivity index (χ0n) is 16.5. The smallest absolute Gasteiger partial charge is 0.480 e. The van der Waals surface area contributed by atoms with Crippen LogP contribution in [-0.2, 0) is 25.1 Å². The second-order valence-electron chi connectivity index (χ2n) is 7.20. The van der Waals surface area contributed by atoms with E-state index >= 15 is 0 Å². The van der Waals surface area contributed by atoms with Crippen molar-refractivity contribution < 1.29 is 28.9 Å². The molecule has 1 aliphatic rings. The van der Waals surface area contributed by atoms with Crippen LogP contribution in [0.3, 0.4) is 0 Å². The molecule has 1 fully saturated rings. The number of carbonyl (C=O) groups is 2. The Labute approximate surface area is 171 Å². The normalized spacial score (nSPS) is 19.0. The van der Waals surface area contributed by atoms with Crippen LogP contribution < -0.4 is 5.73 Å². The summed E-state index contributed by atoms with van der Waals surface area (Å²) in [6, 6.07) is 8.62. The van der Waals surface area contributed by atoms with Gasteiger partial charge in [-0.3, -0.25) is 4.79 Å². The van der Waals surface area contributed by atoms with E-state index in [1.807, 2.05) is 30.3 Å². The molecule has 0 radical (unpaired) electrons. The van der Waals surface area contributed by atoms with Gasteiger partial charge in [-0.15, -0.1) is 4.52 Å². The van der Waals surface area contributed by atoms with Crippen LogP contribution >= 0.6 is 8.03 Å². The van der Waals surface area contributed by atoms with Crippen molar-refractivity contribution in [3.05, 3.63) is 35.9 Å². The Balaban J connectivity index is 1.97. The van der Waals surface area contributed by atoms with E-state index in [2.05, 4.69) is 0 Å². The number of amides is 1. The molecule has 2 unspecified atom stereocenters. The SMILES string of the molecule is NCCCCC(O[P+](=O)[C@H](O)CCc1ccccc1)C(=O)N1CCC[C@H]1C(=O)O. The second kappa shape index (κ2) is 12.0. The van der Waals surface area contributed by atoms with Crippen LogP contribution in [0.1, 0.15) is 44.1 Å². The van der Waals surface area contributed by atoms with E-state index in [-0.39, 0.29) is 12.8 Å². The van der Waals surface area contributed by atoms with E-state index in [9.17, 15) is 24.4 Å². The highest BCUT2D eigenvalue weighted by molar-refractivity contribution is 7.39. The average Bonchev–Trinajstić information content (AvgIpc) is 3.21. The molecule has 4 N–H and O–H groups in total. The predicted octanol–water partition coefficient (Wildman–Crippen LogP) is 2.27. The highest BCUT2D eigenvalue weighted by Crippen LogP contribution is 2.35. The molecule has 0 bridgehead atoms. The lowest BCUT2D eigenvalue weighted by atomic mass is 10.1. The molecule has 0 aromatic heterocycles. The third-order valence-electron chi connectivity index (χ3n) is 5.03. The summed E-state index contributed by atoms with van der Waals surface area (Å²) in [5, 5.41) is 19.6. The Morgan fingerprint density at radius 1 is 1.24 bits per heavy atom. The van der Waals surface area contributed by atoms with Crippen molar-refractivity contribution in [1.82, 2.24) is 4.90 Å². The van der Waals surface area contributed by atoms with Crippen molar-refractivity contribution in [2.75, 3.05) is 13.1 Å². The van der Waals surface area contributed by atoms with E-state index in [0.29, 0.717) is 45.2 Å². The van der Waals surface area contributed by atoms with Crippen LogP contribution in [0.2, 0.25) is 0 Å². The van der Waals surface area contributed by atoms with E-state index < -0.39 is 37.9 Å². The first-order chi connectivity index (χ1) is 13.9. The molecule has 1 amide bonds. The van der Waals surface area contributed by atoms with Crippen LogP contribution in [0.15, 0.2) is 30.3 Å². The second-order valence-corrected chi connectivity index (χ2v) is 8.57. The standard InChI is InChI=1S/C20H29N2O6P/c21-13-5-4-10-17(19(24)22-14-6-9-16(22)20(25)26)28-29(27)18(23)12-11-15-7-2-1-3-8-15/h1-3,7-8,16-18,23H,4-6,9-14,21H2/p+1/t16-,17?,18-/m0/s1. The number of likely N-dealkylation sites (tertiary alicyclic amines) is 1. The number of aliphatic carboxylic acids is 1. The fourth-order valence-electron chi connectivity index (χ4n) is 3.41. The third-order valence-corrected chi connectivity index (χ3v) is 6.23. The van der Waals surface area contributed by atoms with E-state index in [1.54, 1.807) is 0 Å². The number of unbranched alkanes of at least 4 members (excludes halogenated alkanes) is 1. The van der Waals surface area contributed by atoms with Gasteiger partial charge in [-0.25, -0.2) is 4.79 Å². The molecule has 9 heteroatoms. The first-order valence-electron chi connectivity index (χ1n) is 10.0. The van der Waals surface area contributed by atoms with E-state index in [0.717, 1.165) is 5.56 Å². The lowest BCUT2D eigenvalue weighted by Crippen LogP contribution is -2.46. The molecule has 29 heavy (non-hydrogen) atoms. The number of carboxylic acids is 1. The number of nitrogens with two attached hydrogens (primary N) is 1. The van der Waals surface area contributed by atoms with Gasteiger partial charge in [0.1, 0.15) is 6.04 Å². The highest BCUT2D eigenvalue weighted by atomic mass is 31.1. The Morgan fingerprint density at radius 2 is 1.97 bits per heavy atom. The Morgan fingerprint density at radius 3 is 2.62 bits per heavy atom. The minimum absolute atomic E-state index is 0.240. The summed E-state index contributed by atoms with van der Waals surface area (Å²) >= 11 is 0. The summed E-state index contributed by atoms with van der Waals surface area (Å²) in [6.45, 7) is 0.786. The lowest BCUT2D eigenvalue weighted by Gasteiger charge is -2.24. The van der Waals surface area contributed by atoms with Crippen LogP contribution in [0.5, 0.6) is 0 Å². The largest absolute Gasteiger partial charge is 0.541 e. The maximum Gasteiger partial charge on any atom is 0.541 e. The van der Waals surface area contributed by atoms with E-state index in [1.165, 1.54) is 4.90 Å². The third kappa shape index (κ3) is 7.16. The van der Waals surface area contributed by atoms with Gasteiger partial charge in [-0.2, -0.15) is 0 Å². The molecule has 1 aromatic carbocycles. The van der Waals surface area contributed by atoms with Crippen molar-refractivity contribution in [1.29, 1.82) is 0 Å². The minimum atomic E-state index is -2.50. The van der Waals surface area contributed by atoms with Crippen LogP contribution in [-0.4, -0.2) is 58.1 Å². The number of benzene rings is 1. The molecule has 4 atom stereocenters. The minimum Gasteiger partial charge on any atom is -0.480 e. The summed E-state index contributed by atoms with van der Waals surface area (Å²) in [7, 11) is -2.50. The lowest BCUT2D eigenvalue weighted by molar-refractivity contribution is -0.151. The molecule has 2 rings (SSSR count). The Bertz CT molecular complexity index is 687. The zero-order chi connectivity index (χ0) is 21.2. The molecule has 0 spiro atoms. The molecule has 1 aromatic rings. The maximum atomic E-state index is 12.9. The average molecular weight is 425 g/mol. The monoisotopic (exact) mass is 425 g/mol. The van der Waals surface area contributed by atoms with Crippen molar-refractivity contribution in [2.45, 2.75) is 62.9 Å².